The van der Waals surface area contributed by atoms with Crippen molar-refractivity contribution in [2.24, 2.45) is 0 Å². The normalized spacial score (nSPS) is 19.3. The number of carbonyl (C=O) groups is 3. The van der Waals surface area contributed by atoms with E-state index in [1.807, 2.05) is 0 Å². The lowest BCUT2D eigenvalue weighted by molar-refractivity contribution is -0.133. The monoisotopic (exact) mass is 557 g/mol. The van der Waals surface area contributed by atoms with E-state index in [9.17, 15) is 27.6 Å². The third kappa shape index (κ3) is 5.44. The summed E-state index contributed by atoms with van der Waals surface area (Å²) in [4.78, 5) is 51.2. The van der Waals surface area contributed by atoms with Gasteiger partial charge in [-0.2, -0.15) is 0 Å². The highest BCUT2D eigenvalue weighted by atomic mass is 35.5. The van der Waals surface area contributed by atoms with Crippen molar-refractivity contribution in [3.63, 3.8) is 0 Å². The van der Waals surface area contributed by atoms with Gasteiger partial charge in [-0.3, -0.25) is 24.2 Å². The maximum Gasteiger partial charge on any atom is 0.252 e. The van der Waals surface area contributed by atoms with Crippen LogP contribution in [0.15, 0.2) is 67.1 Å². The molecule has 2 atom stereocenters. The molecule has 2 heterocycles. The van der Waals surface area contributed by atoms with Gasteiger partial charge in [0.2, 0.25) is 11.8 Å². The second-order valence-electron chi connectivity index (χ2n) is 9.47. The van der Waals surface area contributed by atoms with E-state index in [0.29, 0.717) is 0 Å². The molecule has 1 N–H and O–H groups in total. The number of benzene rings is 2. The van der Waals surface area contributed by atoms with Crippen molar-refractivity contribution in [2.45, 2.75) is 49.7 Å². The highest BCUT2D eigenvalue weighted by molar-refractivity contribution is 6.31. The summed E-state index contributed by atoms with van der Waals surface area (Å²) in [5, 5.41) is 2.73. The highest BCUT2D eigenvalue weighted by Gasteiger charge is 2.48. The van der Waals surface area contributed by atoms with Crippen molar-refractivity contribution in [3.05, 3.63) is 83.5 Å². The van der Waals surface area contributed by atoms with Gasteiger partial charge in [-0.15, -0.1) is 0 Å². The number of rotatable bonds is 7. The van der Waals surface area contributed by atoms with Crippen molar-refractivity contribution < 1.29 is 27.6 Å². The lowest BCUT2D eigenvalue weighted by Crippen LogP contribution is -2.56. The Morgan fingerprint density at radius 2 is 1.90 bits per heavy atom. The first kappa shape index (κ1) is 26.6. The molecule has 5 rings (SSSR count). The molecule has 1 aliphatic carbocycles. The number of aromatic nitrogens is 2. The summed E-state index contributed by atoms with van der Waals surface area (Å²) in [6.07, 6.45) is 1.73. The van der Waals surface area contributed by atoms with Gasteiger partial charge in [-0.25, -0.2) is 23.1 Å². The molecule has 39 heavy (non-hydrogen) atoms. The lowest BCUT2D eigenvalue weighted by atomic mass is 9.87. The standard InChI is InChI=1S/C27H23ClF3N5O3/c28-20-7-2-1-6-19(20)24(25(38)34-17-13-27(30,31)14-17)35(18-5-3-4-16(29)12-18)26(39)21-8-9-23(37)36(21)22-10-11-32-15-33-22/h1-7,10-12,15,17,21,24H,8-9,13-14H2,(H,34,38)/t21-,24-/m0/s1. The Morgan fingerprint density at radius 1 is 1.13 bits per heavy atom. The zero-order valence-corrected chi connectivity index (χ0v) is 21.2. The van der Waals surface area contributed by atoms with E-state index in [2.05, 4.69) is 15.3 Å². The predicted molar refractivity (Wildman–Crippen MR) is 137 cm³/mol. The van der Waals surface area contributed by atoms with Crippen LogP contribution in [0.3, 0.4) is 0 Å². The molecular weight excluding hydrogens is 535 g/mol. The molecule has 0 bridgehead atoms. The first-order valence-electron chi connectivity index (χ1n) is 12.2. The molecule has 0 spiro atoms. The maximum absolute atomic E-state index is 14.4. The Hall–Kier alpha value is -3.99. The molecule has 3 aromatic rings. The van der Waals surface area contributed by atoms with Gasteiger partial charge in [0, 0.05) is 47.8 Å². The van der Waals surface area contributed by atoms with E-state index >= 15 is 0 Å². The molecule has 1 aliphatic heterocycles. The predicted octanol–water partition coefficient (Wildman–Crippen LogP) is 4.45. The van der Waals surface area contributed by atoms with E-state index in [1.54, 1.807) is 12.1 Å². The molecule has 0 unspecified atom stereocenters. The number of hydrogen-bond acceptors (Lipinski definition) is 5. The van der Waals surface area contributed by atoms with Crippen LogP contribution >= 0.6 is 11.6 Å². The van der Waals surface area contributed by atoms with Crippen molar-refractivity contribution in [1.29, 1.82) is 0 Å². The molecule has 2 aromatic carbocycles. The summed E-state index contributed by atoms with van der Waals surface area (Å²) < 4.78 is 41.5. The summed E-state index contributed by atoms with van der Waals surface area (Å²) in [5.41, 5.74) is 0.235. The Labute approximate surface area is 226 Å². The second kappa shape index (κ2) is 10.6. The van der Waals surface area contributed by atoms with Gasteiger partial charge in [0.15, 0.2) is 0 Å². The fourth-order valence-electron chi connectivity index (χ4n) is 4.96. The Kier molecular flexibility index (Phi) is 7.26. The minimum absolute atomic E-state index is 0.0287. The average molecular weight is 558 g/mol. The minimum Gasteiger partial charge on any atom is -0.351 e. The molecule has 1 saturated carbocycles. The van der Waals surface area contributed by atoms with E-state index in [-0.39, 0.29) is 40.8 Å². The van der Waals surface area contributed by atoms with E-state index in [4.69, 9.17) is 11.6 Å². The molecule has 1 saturated heterocycles. The van der Waals surface area contributed by atoms with Crippen molar-refractivity contribution >= 4 is 40.8 Å². The van der Waals surface area contributed by atoms with Crippen LogP contribution in [0.4, 0.5) is 24.7 Å². The number of hydrogen-bond donors (Lipinski definition) is 1. The molecular formula is C27H23ClF3N5O3. The molecule has 2 aliphatic rings. The summed E-state index contributed by atoms with van der Waals surface area (Å²) in [5.74, 6) is -5.18. The van der Waals surface area contributed by atoms with Gasteiger partial charge in [-0.1, -0.05) is 35.9 Å². The Bertz CT molecular complexity index is 1400. The number of halogens is 4. The first-order valence-corrected chi connectivity index (χ1v) is 12.6. The lowest BCUT2D eigenvalue weighted by Gasteiger charge is -2.39. The minimum atomic E-state index is -2.89. The Morgan fingerprint density at radius 3 is 2.56 bits per heavy atom. The second-order valence-corrected chi connectivity index (χ2v) is 9.87. The topological polar surface area (TPSA) is 95.5 Å². The highest BCUT2D eigenvalue weighted by Crippen LogP contribution is 2.39. The molecule has 3 amide bonds. The molecule has 202 valence electrons. The number of anilines is 2. The van der Waals surface area contributed by atoms with Gasteiger partial charge in [0.25, 0.3) is 11.8 Å². The number of carbonyl (C=O) groups excluding carboxylic acids is 3. The third-order valence-electron chi connectivity index (χ3n) is 6.78. The number of alkyl halides is 2. The zero-order chi connectivity index (χ0) is 27.7. The van der Waals surface area contributed by atoms with Crippen molar-refractivity contribution in [1.82, 2.24) is 15.3 Å². The van der Waals surface area contributed by atoms with Crippen LogP contribution in [0.2, 0.25) is 5.02 Å². The summed E-state index contributed by atoms with van der Waals surface area (Å²) >= 11 is 6.47. The summed E-state index contributed by atoms with van der Waals surface area (Å²) in [7, 11) is 0. The van der Waals surface area contributed by atoms with Crippen LogP contribution < -0.4 is 15.1 Å². The van der Waals surface area contributed by atoms with Gasteiger partial charge in [0.05, 0.1) is 0 Å². The van der Waals surface area contributed by atoms with Gasteiger partial charge in [0.1, 0.15) is 30.0 Å². The summed E-state index contributed by atoms with van der Waals surface area (Å²) in [6.45, 7) is 0. The molecule has 0 radical (unpaired) electrons. The maximum atomic E-state index is 14.4. The summed E-state index contributed by atoms with van der Waals surface area (Å²) in [6, 6.07) is 9.51. The molecule has 1 aromatic heterocycles. The number of nitrogens with zero attached hydrogens (tertiary/aromatic N) is 4. The first-order chi connectivity index (χ1) is 18.6. The largest absolute Gasteiger partial charge is 0.351 e. The quantitative estimate of drug-likeness (QED) is 0.463. The fourth-order valence-corrected chi connectivity index (χ4v) is 5.20. The molecule has 2 fully saturated rings. The van der Waals surface area contributed by atoms with Crippen LogP contribution in [0.25, 0.3) is 0 Å². The zero-order valence-electron chi connectivity index (χ0n) is 20.4. The van der Waals surface area contributed by atoms with Gasteiger partial charge >= 0.3 is 0 Å². The van der Waals surface area contributed by atoms with E-state index < -0.39 is 54.5 Å². The van der Waals surface area contributed by atoms with Crippen LogP contribution in [0, 0.1) is 5.82 Å². The fraction of sp³-hybridized carbons (Fsp3) is 0.296. The smallest absolute Gasteiger partial charge is 0.252 e. The SMILES string of the molecule is O=C(NC1CC(F)(F)C1)[C@H](c1ccccc1Cl)N(C(=O)[C@@H]1CCC(=O)N1c1ccncn1)c1cccc(F)c1. The van der Waals surface area contributed by atoms with Crippen LogP contribution in [-0.4, -0.2) is 45.7 Å². The third-order valence-corrected chi connectivity index (χ3v) is 7.12. The average Bonchev–Trinajstić information content (AvgIpc) is 3.28. The van der Waals surface area contributed by atoms with E-state index in [0.717, 1.165) is 11.0 Å². The molecule has 12 heteroatoms. The number of nitrogens with one attached hydrogen (secondary N) is 1. The van der Waals surface area contributed by atoms with E-state index in [1.165, 1.54) is 53.8 Å². The van der Waals surface area contributed by atoms with Crippen LogP contribution in [-0.2, 0) is 14.4 Å². The Balaban J connectivity index is 1.60. The van der Waals surface area contributed by atoms with Crippen LogP contribution in [0.1, 0.15) is 37.3 Å². The van der Waals surface area contributed by atoms with Crippen LogP contribution in [0.5, 0.6) is 0 Å². The van der Waals surface area contributed by atoms with Crippen molar-refractivity contribution in [2.75, 3.05) is 9.80 Å². The molecule has 8 nitrogen and oxygen atoms in total. The van der Waals surface area contributed by atoms with Crippen molar-refractivity contribution in [3.8, 4) is 0 Å². The number of amides is 3. The van der Waals surface area contributed by atoms with Gasteiger partial charge in [-0.05, 0) is 36.8 Å². The van der Waals surface area contributed by atoms with Gasteiger partial charge < -0.3 is 5.32 Å².